The van der Waals surface area contributed by atoms with Crippen LogP contribution in [-0.4, -0.2) is 17.3 Å². The van der Waals surface area contributed by atoms with Gasteiger partial charge in [-0.05, 0) is 30.0 Å². The summed E-state index contributed by atoms with van der Waals surface area (Å²) in [6.07, 6.45) is 1.89. The van der Waals surface area contributed by atoms with Crippen LogP contribution in [0.5, 0.6) is 0 Å². The first kappa shape index (κ1) is 13.0. The molecule has 1 aromatic rings. The number of carboxylic acid groups (broad SMARTS) is 1. The SMILES string of the molecule is CSc1ccc(F)cc1C(C)(C)CC(=O)O. The second-order valence-electron chi connectivity index (χ2n) is 4.30. The van der Waals surface area contributed by atoms with E-state index in [1.165, 1.54) is 23.9 Å². The molecule has 0 unspecified atom stereocenters. The number of thioether (sulfide) groups is 1. The highest BCUT2D eigenvalue weighted by molar-refractivity contribution is 7.98. The molecule has 0 aliphatic rings. The largest absolute Gasteiger partial charge is 0.481 e. The molecule has 88 valence electrons. The molecule has 0 aromatic heterocycles. The van der Waals surface area contributed by atoms with Crippen molar-refractivity contribution in [3.8, 4) is 0 Å². The third-order valence-electron chi connectivity index (χ3n) is 2.48. The van der Waals surface area contributed by atoms with Crippen LogP contribution in [0.2, 0.25) is 0 Å². The van der Waals surface area contributed by atoms with Gasteiger partial charge in [0.05, 0.1) is 6.42 Å². The molecular formula is C12H15FO2S. The molecule has 1 aromatic carbocycles. The molecule has 1 N–H and O–H groups in total. The van der Waals surface area contributed by atoms with Crippen molar-refractivity contribution in [2.45, 2.75) is 30.6 Å². The van der Waals surface area contributed by atoms with Crippen molar-refractivity contribution in [1.82, 2.24) is 0 Å². The van der Waals surface area contributed by atoms with Crippen molar-refractivity contribution in [2.75, 3.05) is 6.26 Å². The highest BCUT2D eigenvalue weighted by Crippen LogP contribution is 2.34. The van der Waals surface area contributed by atoms with Crippen molar-refractivity contribution in [1.29, 1.82) is 0 Å². The number of carboxylic acids is 1. The second-order valence-corrected chi connectivity index (χ2v) is 5.15. The first-order chi connectivity index (χ1) is 7.36. The van der Waals surface area contributed by atoms with Crippen LogP contribution in [0, 0.1) is 5.82 Å². The van der Waals surface area contributed by atoms with E-state index in [0.29, 0.717) is 0 Å². The molecule has 0 aliphatic carbocycles. The van der Waals surface area contributed by atoms with Gasteiger partial charge >= 0.3 is 5.97 Å². The van der Waals surface area contributed by atoms with E-state index >= 15 is 0 Å². The molecule has 1 rings (SSSR count). The Morgan fingerprint density at radius 2 is 2.12 bits per heavy atom. The maximum atomic E-state index is 13.2. The molecule has 0 atom stereocenters. The number of rotatable bonds is 4. The predicted octanol–water partition coefficient (Wildman–Crippen LogP) is 3.30. The van der Waals surface area contributed by atoms with E-state index in [-0.39, 0.29) is 12.2 Å². The van der Waals surface area contributed by atoms with Crippen molar-refractivity contribution >= 4 is 17.7 Å². The molecule has 0 amide bonds. The van der Waals surface area contributed by atoms with E-state index in [0.717, 1.165) is 10.5 Å². The van der Waals surface area contributed by atoms with Gasteiger partial charge < -0.3 is 5.11 Å². The number of aliphatic carboxylic acids is 1. The molecule has 4 heteroatoms. The van der Waals surface area contributed by atoms with Crippen molar-refractivity contribution < 1.29 is 14.3 Å². The van der Waals surface area contributed by atoms with Gasteiger partial charge in [0.15, 0.2) is 0 Å². The monoisotopic (exact) mass is 242 g/mol. The fourth-order valence-corrected chi connectivity index (χ4v) is 2.44. The predicted molar refractivity (Wildman–Crippen MR) is 63.5 cm³/mol. The maximum absolute atomic E-state index is 13.2. The Kier molecular flexibility index (Phi) is 3.97. The van der Waals surface area contributed by atoms with Gasteiger partial charge in [-0.1, -0.05) is 13.8 Å². The summed E-state index contributed by atoms with van der Waals surface area (Å²) in [5.74, 6) is -1.20. The molecular weight excluding hydrogens is 227 g/mol. The van der Waals surface area contributed by atoms with Crippen LogP contribution in [-0.2, 0) is 10.2 Å². The van der Waals surface area contributed by atoms with Crippen LogP contribution in [0.3, 0.4) is 0 Å². The number of hydrogen-bond donors (Lipinski definition) is 1. The molecule has 0 bridgehead atoms. The standard InChI is InChI=1S/C12H15FO2S/c1-12(2,7-11(14)15)9-6-8(13)4-5-10(9)16-3/h4-6H,7H2,1-3H3,(H,14,15). The third kappa shape index (κ3) is 2.98. The highest BCUT2D eigenvalue weighted by atomic mass is 32.2. The summed E-state index contributed by atoms with van der Waals surface area (Å²) in [5, 5.41) is 8.84. The Hall–Kier alpha value is -1.03. The quantitative estimate of drug-likeness (QED) is 0.823. The molecule has 0 heterocycles. The molecule has 0 spiro atoms. The third-order valence-corrected chi connectivity index (χ3v) is 3.28. The fraction of sp³-hybridized carbons (Fsp3) is 0.417. The van der Waals surface area contributed by atoms with Crippen LogP contribution >= 0.6 is 11.8 Å². The molecule has 2 nitrogen and oxygen atoms in total. The van der Waals surface area contributed by atoms with Crippen molar-refractivity contribution in [2.24, 2.45) is 0 Å². The van der Waals surface area contributed by atoms with Crippen molar-refractivity contribution in [3.05, 3.63) is 29.6 Å². The van der Waals surface area contributed by atoms with E-state index in [4.69, 9.17) is 5.11 Å². The normalized spacial score (nSPS) is 11.5. The summed E-state index contributed by atoms with van der Waals surface area (Å²) < 4.78 is 13.2. The zero-order chi connectivity index (χ0) is 12.3. The van der Waals surface area contributed by atoms with E-state index in [1.807, 2.05) is 20.1 Å². The lowest BCUT2D eigenvalue weighted by atomic mass is 9.81. The molecule has 0 saturated carbocycles. The van der Waals surface area contributed by atoms with E-state index < -0.39 is 11.4 Å². The number of carbonyl (C=O) groups is 1. The van der Waals surface area contributed by atoms with E-state index in [2.05, 4.69) is 0 Å². The first-order valence-electron chi connectivity index (χ1n) is 4.92. The lowest BCUT2D eigenvalue weighted by Crippen LogP contribution is -2.22. The first-order valence-corrected chi connectivity index (χ1v) is 6.15. The van der Waals surface area contributed by atoms with E-state index in [9.17, 15) is 9.18 Å². The van der Waals surface area contributed by atoms with Crippen LogP contribution in [0.25, 0.3) is 0 Å². The number of halogens is 1. The van der Waals surface area contributed by atoms with E-state index in [1.54, 1.807) is 6.07 Å². The Morgan fingerprint density at radius 3 is 2.62 bits per heavy atom. The smallest absolute Gasteiger partial charge is 0.304 e. The Labute approximate surface area is 98.9 Å². The second kappa shape index (κ2) is 4.87. The van der Waals surface area contributed by atoms with Gasteiger partial charge in [-0.2, -0.15) is 0 Å². The molecule has 16 heavy (non-hydrogen) atoms. The summed E-state index contributed by atoms with van der Waals surface area (Å²) >= 11 is 1.50. The van der Waals surface area contributed by atoms with Gasteiger partial charge in [0.1, 0.15) is 5.82 Å². The maximum Gasteiger partial charge on any atom is 0.304 e. The molecule has 0 saturated heterocycles. The minimum atomic E-state index is -0.874. The topological polar surface area (TPSA) is 37.3 Å². The van der Waals surface area contributed by atoms with Gasteiger partial charge in [0.2, 0.25) is 0 Å². The summed E-state index contributed by atoms with van der Waals surface area (Å²) in [6.45, 7) is 3.63. The minimum absolute atomic E-state index is 0.00991. The fourth-order valence-electron chi connectivity index (χ4n) is 1.68. The van der Waals surface area contributed by atoms with Crippen LogP contribution in [0.4, 0.5) is 4.39 Å². The molecule has 0 fully saturated rings. The van der Waals surface area contributed by atoms with Gasteiger partial charge in [-0.15, -0.1) is 11.8 Å². The lowest BCUT2D eigenvalue weighted by Gasteiger charge is -2.25. The molecule has 0 aliphatic heterocycles. The molecule has 0 radical (unpaired) electrons. The Bertz CT molecular complexity index is 402. The summed E-state index contributed by atoms with van der Waals surface area (Å²) in [6, 6.07) is 4.51. The van der Waals surface area contributed by atoms with Crippen LogP contribution in [0.15, 0.2) is 23.1 Å². The zero-order valence-electron chi connectivity index (χ0n) is 9.58. The lowest BCUT2D eigenvalue weighted by molar-refractivity contribution is -0.138. The average molecular weight is 242 g/mol. The van der Waals surface area contributed by atoms with Gasteiger partial charge in [-0.3, -0.25) is 4.79 Å². The van der Waals surface area contributed by atoms with Crippen molar-refractivity contribution in [3.63, 3.8) is 0 Å². The number of benzene rings is 1. The van der Waals surface area contributed by atoms with Gasteiger partial charge in [0, 0.05) is 10.3 Å². The Balaban J connectivity index is 3.18. The highest BCUT2D eigenvalue weighted by Gasteiger charge is 2.27. The Morgan fingerprint density at radius 1 is 1.50 bits per heavy atom. The van der Waals surface area contributed by atoms with Crippen LogP contribution in [0.1, 0.15) is 25.8 Å². The van der Waals surface area contributed by atoms with Gasteiger partial charge in [-0.25, -0.2) is 4.39 Å². The number of hydrogen-bond acceptors (Lipinski definition) is 2. The summed E-state index contributed by atoms with van der Waals surface area (Å²) in [7, 11) is 0. The summed E-state index contributed by atoms with van der Waals surface area (Å²) in [4.78, 5) is 11.7. The minimum Gasteiger partial charge on any atom is -0.481 e. The average Bonchev–Trinajstić information content (AvgIpc) is 2.15. The van der Waals surface area contributed by atoms with Gasteiger partial charge in [0.25, 0.3) is 0 Å². The van der Waals surface area contributed by atoms with Crippen LogP contribution < -0.4 is 0 Å². The summed E-state index contributed by atoms with van der Waals surface area (Å²) in [5.41, 5.74) is 0.189. The zero-order valence-corrected chi connectivity index (χ0v) is 10.4.